The van der Waals surface area contributed by atoms with Gasteiger partial charge in [-0.2, -0.15) is 5.10 Å². The van der Waals surface area contributed by atoms with Crippen molar-refractivity contribution in [3.63, 3.8) is 0 Å². The Bertz CT molecular complexity index is 871. The molecule has 0 aromatic carbocycles. The van der Waals surface area contributed by atoms with Crippen LogP contribution in [0.2, 0.25) is 0 Å². The van der Waals surface area contributed by atoms with Gasteiger partial charge in [0.2, 0.25) is 11.8 Å². The highest BCUT2D eigenvalue weighted by Gasteiger charge is 2.26. The molecule has 1 unspecified atom stereocenters. The molecule has 29 heavy (non-hydrogen) atoms. The highest BCUT2D eigenvalue weighted by Crippen LogP contribution is 2.25. The highest BCUT2D eigenvalue weighted by molar-refractivity contribution is 5.10. The standard InChI is InChI=1S/C21H31N5O3/c1-21(2,3)17-4-5-19(27)26(24-17)12-15-6-9-25(10-7-15)13-18-22-23-20(29-18)16-8-11-28-14-16/h4-5,15-16H,6-14H2,1-3H3. The molecule has 158 valence electrons. The van der Waals surface area contributed by atoms with Crippen molar-refractivity contribution in [2.24, 2.45) is 5.92 Å². The fourth-order valence-corrected chi connectivity index (χ4v) is 3.97. The van der Waals surface area contributed by atoms with Gasteiger partial charge >= 0.3 is 0 Å². The van der Waals surface area contributed by atoms with E-state index in [1.807, 2.05) is 6.07 Å². The van der Waals surface area contributed by atoms with Gasteiger partial charge in [0.1, 0.15) is 0 Å². The Morgan fingerprint density at radius 1 is 1.14 bits per heavy atom. The van der Waals surface area contributed by atoms with Gasteiger partial charge in [-0.15, -0.1) is 10.2 Å². The first kappa shape index (κ1) is 20.2. The summed E-state index contributed by atoms with van der Waals surface area (Å²) in [5, 5.41) is 13.0. The molecular weight excluding hydrogens is 370 g/mol. The van der Waals surface area contributed by atoms with E-state index in [4.69, 9.17) is 9.15 Å². The van der Waals surface area contributed by atoms with Crippen LogP contribution in [0.4, 0.5) is 0 Å². The molecule has 2 fully saturated rings. The number of hydrogen-bond donors (Lipinski definition) is 0. The quantitative estimate of drug-likeness (QED) is 0.760. The Morgan fingerprint density at radius 2 is 1.93 bits per heavy atom. The lowest BCUT2D eigenvalue weighted by atomic mass is 9.92. The summed E-state index contributed by atoms with van der Waals surface area (Å²) in [5.74, 6) is 2.09. The van der Waals surface area contributed by atoms with Crippen LogP contribution in [0.5, 0.6) is 0 Å². The maximum atomic E-state index is 12.2. The molecule has 0 N–H and O–H groups in total. The van der Waals surface area contributed by atoms with Gasteiger partial charge in [-0.3, -0.25) is 9.69 Å². The molecule has 2 aromatic heterocycles. The minimum atomic E-state index is -0.0631. The van der Waals surface area contributed by atoms with Crippen molar-refractivity contribution in [3.8, 4) is 0 Å². The third kappa shape index (κ3) is 4.93. The van der Waals surface area contributed by atoms with Crippen LogP contribution in [0.1, 0.15) is 63.4 Å². The summed E-state index contributed by atoms with van der Waals surface area (Å²) in [6.07, 6.45) is 3.02. The average molecular weight is 402 g/mol. The van der Waals surface area contributed by atoms with Crippen LogP contribution in [-0.4, -0.2) is 51.2 Å². The molecule has 0 saturated carbocycles. The molecule has 0 spiro atoms. The third-order valence-electron chi connectivity index (χ3n) is 5.89. The van der Waals surface area contributed by atoms with E-state index in [2.05, 4.69) is 41.0 Å². The first-order valence-corrected chi connectivity index (χ1v) is 10.6. The Kier molecular flexibility index (Phi) is 5.83. The molecule has 0 bridgehead atoms. The number of nitrogens with zero attached hydrogens (tertiary/aromatic N) is 5. The van der Waals surface area contributed by atoms with Crippen molar-refractivity contribution >= 4 is 0 Å². The minimum Gasteiger partial charge on any atom is -0.423 e. The molecule has 8 heteroatoms. The van der Waals surface area contributed by atoms with Crippen LogP contribution in [-0.2, 0) is 23.2 Å². The summed E-state index contributed by atoms with van der Waals surface area (Å²) >= 11 is 0. The van der Waals surface area contributed by atoms with Crippen molar-refractivity contribution in [1.29, 1.82) is 0 Å². The summed E-state index contributed by atoms with van der Waals surface area (Å²) in [4.78, 5) is 14.6. The largest absolute Gasteiger partial charge is 0.423 e. The van der Waals surface area contributed by atoms with Gasteiger partial charge in [0, 0.05) is 24.6 Å². The fourth-order valence-electron chi connectivity index (χ4n) is 3.97. The van der Waals surface area contributed by atoms with Crippen molar-refractivity contribution in [3.05, 3.63) is 40.0 Å². The molecule has 1 atom stereocenters. The molecule has 8 nitrogen and oxygen atoms in total. The molecule has 4 heterocycles. The predicted molar refractivity (Wildman–Crippen MR) is 108 cm³/mol. The zero-order chi connectivity index (χ0) is 20.4. The van der Waals surface area contributed by atoms with E-state index < -0.39 is 0 Å². The molecule has 2 aliphatic heterocycles. The number of likely N-dealkylation sites (tertiary alicyclic amines) is 1. The van der Waals surface area contributed by atoms with Crippen molar-refractivity contribution in [2.75, 3.05) is 26.3 Å². The highest BCUT2D eigenvalue weighted by atomic mass is 16.5. The molecule has 0 amide bonds. The van der Waals surface area contributed by atoms with E-state index in [0.717, 1.165) is 44.7 Å². The van der Waals surface area contributed by atoms with Crippen LogP contribution < -0.4 is 5.56 Å². The number of piperidine rings is 1. The van der Waals surface area contributed by atoms with Crippen LogP contribution in [0.15, 0.2) is 21.3 Å². The topological polar surface area (TPSA) is 86.3 Å². The molecule has 4 rings (SSSR count). The SMILES string of the molecule is CC(C)(C)c1ccc(=O)n(CC2CCN(Cc3nnc(C4CCOC4)o3)CC2)n1. The lowest BCUT2D eigenvalue weighted by molar-refractivity contribution is 0.150. The van der Waals surface area contributed by atoms with Gasteiger partial charge in [0.25, 0.3) is 5.56 Å². The molecule has 0 radical (unpaired) electrons. The van der Waals surface area contributed by atoms with E-state index in [9.17, 15) is 4.79 Å². The molecule has 2 aliphatic rings. The van der Waals surface area contributed by atoms with Gasteiger partial charge in [-0.05, 0) is 44.3 Å². The average Bonchev–Trinajstić information content (AvgIpc) is 3.36. The van der Waals surface area contributed by atoms with Gasteiger partial charge in [0.15, 0.2) is 0 Å². The first-order valence-electron chi connectivity index (χ1n) is 10.6. The summed E-state index contributed by atoms with van der Waals surface area (Å²) in [6, 6.07) is 3.49. The van der Waals surface area contributed by atoms with Crippen molar-refractivity contribution in [1.82, 2.24) is 24.9 Å². The number of aromatic nitrogens is 4. The summed E-state index contributed by atoms with van der Waals surface area (Å²) in [6.45, 7) is 11.1. The number of ether oxygens (including phenoxy) is 1. The molecule has 2 aromatic rings. The fraction of sp³-hybridized carbons (Fsp3) is 0.714. The van der Waals surface area contributed by atoms with Gasteiger partial charge < -0.3 is 9.15 Å². The summed E-state index contributed by atoms with van der Waals surface area (Å²) in [7, 11) is 0. The smallest absolute Gasteiger partial charge is 0.266 e. The van der Waals surface area contributed by atoms with E-state index in [1.165, 1.54) is 0 Å². The van der Waals surface area contributed by atoms with Gasteiger partial charge in [-0.1, -0.05) is 20.8 Å². The molecule has 2 saturated heterocycles. The van der Waals surface area contributed by atoms with Crippen LogP contribution in [0, 0.1) is 5.92 Å². The zero-order valence-corrected chi connectivity index (χ0v) is 17.6. The van der Waals surface area contributed by atoms with Gasteiger partial charge in [-0.25, -0.2) is 4.68 Å². The third-order valence-corrected chi connectivity index (χ3v) is 5.89. The first-order chi connectivity index (χ1) is 13.9. The molecule has 0 aliphatic carbocycles. The Morgan fingerprint density at radius 3 is 2.62 bits per heavy atom. The monoisotopic (exact) mass is 401 g/mol. The number of rotatable bonds is 5. The Labute approximate surface area is 171 Å². The second kappa shape index (κ2) is 8.36. The Hall–Kier alpha value is -2.06. The minimum absolute atomic E-state index is 0.0188. The van der Waals surface area contributed by atoms with Crippen molar-refractivity contribution in [2.45, 2.75) is 64.5 Å². The van der Waals surface area contributed by atoms with Crippen molar-refractivity contribution < 1.29 is 9.15 Å². The van der Waals surface area contributed by atoms with E-state index in [0.29, 0.717) is 37.4 Å². The van der Waals surface area contributed by atoms with Gasteiger partial charge in [0.05, 0.1) is 24.8 Å². The van der Waals surface area contributed by atoms with E-state index in [1.54, 1.807) is 10.7 Å². The Balaban J connectivity index is 1.30. The van der Waals surface area contributed by atoms with Crippen LogP contribution in [0.3, 0.4) is 0 Å². The second-order valence-corrected chi connectivity index (χ2v) is 9.30. The second-order valence-electron chi connectivity index (χ2n) is 9.30. The lowest BCUT2D eigenvalue weighted by Gasteiger charge is -2.31. The molecular formula is C21H31N5O3. The van der Waals surface area contributed by atoms with Crippen LogP contribution in [0.25, 0.3) is 0 Å². The normalized spacial score (nSPS) is 21.7. The number of hydrogen-bond acceptors (Lipinski definition) is 7. The van der Waals surface area contributed by atoms with Crippen LogP contribution >= 0.6 is 0 Å². The summed E-state index contributed by atoms with van der Waals surface area (Å²) < 4.78 is 12.9. The maximum Gasteiger partial charge on any atom is 0.266 e. The lowest BCUT2D eigenvalue weighted by Crippen LogP contribution is -2.37. The predicted octanol–water partition coefficient (Wildman–Crippen LogP) is 2.34. The maximum absolute atomic E-state index is 12.2. The summed E-state index contributed by atoms with van der Waals surface area (Å²) in [5.41, 5.74) is 0.871. The zero-order valence-electron chi connectivity index (χ0n) is 17.6. The van der Waals surface area contributed by atoms with E-state index >= 15 is 0 Å². The van der Waals surface area contributed by atoms with E-state index in [-0.39, 0.29) is 16.9 Å².